The van der Waals surface area contributed by atoms with Gasteiger partial charge in [-0.3, -0.25) is 0 Å². The Morgan fingerprint density at radius 1 is 0.941 bits per heavy atom. The van der Waals surface area contributed by atoms with Gasteiger partial charge in [0.05, 0.1) is 0 Å². The summed E-state index contributed by atoms with van der Waals surface area (Å²) in [6.07, 6.45) is 19.8. The van der Waals surface area contributed by atoms with Crippen molar-refractivity contribution in [3.63, 3.8) is 0 Å². The molecule has 0 atom stereocenters. The first-order chi connectivity index (χ1) is 8.33. The molecule has 0 aromatic heterocycles. The van der Waals surface area contributed by atoms with E-state index >= 15 is 0 Å². The fourth-order valence-corrected chi connectivity index (χ4v) is 4.11. The standard InChI is InChI=1S/C17H28.5H2/c1-3-5-15-8-12-17(13-9-15)16-10-6-14(4-2)7-11-16;;;;;/h2,14-17H,3,5-13H2,1H3;5*1H. The topological polar surface area (TPSA) is 0 Å². The fraction of sp³-hybridized carbons (Fsp3) is 0.882. The maximum absolute atomic E-state index is 5.53. The third-order valence-corrected chi connectivity index (χ3v) is 5.26. The van der Waals surface area contributed by atoms with Gasteiger partial charge in [-0.25, -0.2) is 0 Å². The van der Waals surface area contributed by atoms with Crippen LogP contribution in [0.1, 0.15) is 78.3 Å². The zero-order valence-corrected chi connectivity index (χ0v) is 11.5. The highest BCUT2D eigenvalue weighted by molar-refractivity contribution is 4.96. The minimum absolute atomic E-state index is 0. The molecule has 0 aromatic rings. The van der Waals surface area contributed by atoms with Crippen LogP contribution < -0.4 is 0 Å². The van der Waals surface area contributed by atoms with Gasteiger partial charge in [0, 0.05) is 13.1 Å². The molecule has 2 aliphatic carbocycles. The molecule has 0 heteroatoms. The Hall–Kier alpha value is -0.440. The summed E-state index contributed by atoms with van der Waals surface area (Å²) in [5.74, 6) is 6.66. The zero-order valence-electron chi connectivity index (χ0n) is 11.5. The van der Waals surface area contributed by atoms with Crippen LogP contribution in [-0.4, -0.2) is 0 Å². The van der Waals surface area contributed by atoms with E-state index in [1.165, 1.54) is 64.2 Å². The van der Waals surface area contributed by atoms with Gasteiger partial charge in [0.25, 0.3) is 0 Å². The summed E-state index contributed by atoms with van der Waals surface area (Å²) in [4.78, 5) is 0. The Morgan fingerprint density at radius 2 is 1.47 bits per heavy atom. The second-order valence-electron chi connectivity index (χ2n) is 6.35. The van der Waals surface area contributed by atoms with Gasteiger partial charge < -0.3 is 0 Å². The molecule has 0 spiro atoms. The van der Waals surface area contributed by atoms with E-state index in [0.717, 1.165) is 17.8 Å². The Morgan fingerprint density at radius 3 is 1.94 bits per heavy atom. The molecule has 2 rings (SSSR count). The Bertz CT molecular complexity index is 261. The van der Waals surface area contributed by atoms with E-state index in [0.29, 0.717) is 5.92 Å². The van der Waals surface area contributed by atoms with Gasteiger partial charge in [-0.15, -0.1) is 12.3 Å². The lowest BCUT2D eigenvalue weighted by Gasteiger charge is -2.37. The fourth-order valence-electron chi connectivity index (χ4n) is 4.11. The SMILES string of the molecule is C#CC1CCC(C2CCC(CCC)CC2)CC1.[HH].[HH].[HH].[HH].[HH]. The van der Waals surface area contributed by atoms with E-state index in [-0.39, 0.29) is 7.13 Å². The molecular weight excluding hydrogens is 204 g/mol. The van der Waals surface area contributed by atoms with Gasteiger partial charge in [0.1, 0.15) is 0 Å². The molecule has 0 amide bonds. The predicted octanol–water partition coefficient (Wildman–Crippen LogP) is 6.26. The molecule has 2 fully saturated rings. The van der Waals surface area contributed by atoms with Crippen LogP contribution >= 0.6 is 0 Å². The molecule has 0 heterocycles. The number of hydrogen-bond acceptors (Lipinski definition) is 0. The van der Waals surface area contributed by atoms with Crippen molar-refractivity contribution in [2.75, 3.05) is 0 Å². The minimum Gasteiger partial charge on any atom is -0.120 e. The van der Waals surface area contributed by atoms with Gasteiger partial charge in [0.2, 0.25) is 0 Å². The maximum atomic E-state index is 5.53. The summed E-state index contributed by atoms with van der Waals surface area (Å²) < 4.78 is 0. The van der Waals surface area contributed by atoms with Crippen LogP contribution in [0.2, 0.25) is 0 Å². The van der Waals surface area contributed by atoms with Crippen LogP contribution in [0.15, 0.2) is 0 Å². The van der Waals surface area contributed by atoms with Gasteiger partial charge >= 0.3 is 0 Å². The lowest BCUT2D eigenvalue weighted by molar-refractivity contribution is 0.154. The number of hydrogen-bond donors (Lipinski definition) is 0. The molecule has 0 aliphatic heterocycles. The number of rotatable bonds is 3. The smallest absolute Gasteiger partial charge is 0.0200 e. The van der Waals surface area contributed by atoms with Crippen molar-refractivity contribution < 1.29 is 7.13 Å². The molecule has 0 radical (unpaired) electrons. The van der Waals surface area contributed by atoms with Crippen LogP contribution in [0, 0.1) is 36.0 Å². The van der Waals surface area contributed by atoms with Crippen molar-refractivity contribution in [1.82, 2.24) is 0 Å². The van der Waals surface area contributed by atoms with E-state index in [9.17, 15) is 0 Å². The largest absolute Gasteiger partial charge is 0.120 e. The van der Waals surface area contributed by atoms with E-state index in [1.54, 1.807) is 0 Å². The summed E-state index contributed by atoms with van der Waals surface area (Å²) in [5, 5.41) is 0. The summed E-state index contributed by atoms with van der Waals surface area (Å²) in [6.45, 7) is 2.33. The summed E-state index contributed by atoms with van der Waals surface area (Å²) >= 11 is 0. The molecule has 0 aromatic carbocycles. The van der Waals surface area contributed by atoms with Crippen LogP contribution in [-0.2, 0) is 0 Å². The van der Waals surface area contributed by atoms with Gasteiger partial charge in [-0.1, -0.05) is 32.6 Å². The zero-order chi connectivity index (χ0) is 12.1. The predicted molar refractivity (Wildman–Crippen MR) is 85.2 cm³/mol. The minimum atomic E-state index is 0. The first-order valence-corrected chi connectivity index (χ1v) is 7.79. The molecule has 0 nitrogen and oxygen atoms in total. The molecule has 106 valence electrons. The summed E-state index contributed by atoms with van der Waals surface area (Å²) in [5.41, 5.74) is 0. The first kappa shape index (κ1) is 13.0. The normalized spacial score (nSPS) is 38.6. The van der Waals surface area contributed by atoms with E-state index in [2.05, 4.69) is 12.8 Å². The highest BCUT2D eigenvalue weighted by atomic mass is 14.3. The molecule has 17 heavy (non-hydrogen) atoms. The van der Waals surface area contributed by atoms with Gasteiger partial charge in [0.15, 0.2) is 0 Å². The highest BCUT2D eigenvalue weighted by Crippen LogP contribution is 2.41. The third kappa shape index (κ3) is 3.51. The van der Waals surface area contributed by atoms with Crippen LogP contribution in [0.5, 0.6) is 0 Å². The average Bonchev–Trinajstić information content (AvgIpc) is 2.40. The number of terminal acetylenes is 1. The lowest BCUT2D eigenvalue weighted by atomic mass is 9.69. The Kier molecular flexibility index (Phi) is 4.96. The van der Waals surface area contributed by atoms with Gasteiger partial charge in [-0.2, -0.15) is 0 Å². The molecular formula is C17H38. The molecule has 0 bridgehead atoms. The highest BCUT2D eigenvalue weighted by Gasteiger charge is 2.29. The molecule has 0 unspecified atom stereocenters. The maximum Gasteiger partial charge on any atom is 0.0200 e. The van der Waals surface area contributed by atoms with E-state index in [4.69, 9.17) is 6.42 Å². The second-order valence-corrected chi connectivity index (χ2v) is 6.35. The Balaban J connectivity index is -0.000000324. The lowest BCUT2D eigenvalue weighted by Crippen LogP contribution is -2.25. The quantitative estimate of drug-likeness (QED) is 0.512. The molecule has 2 aliphatic rings. The first-order valence-electron chi connectivity index (χ1n) is 7.79. The molecule has 2 saturated carbocycles. The van der Waals surface area contributed by atoms with Crippen molar-refractivity contribution in [2.24, 2.45) is 23.7 Å². The van der Waals surface area contributed by atoms with Crippen LogP contribution in [0.4, 0.5) is 0 Å². The van der Waals surface area contributed by atoms with E-state index < -0.39 is 0 Å². The van der Waals surface area contributed by atoms with Gasteiger partial charge in [-0.05, 0) is 56.3 Å². The van der Waals surface area contributed by atoms with Crippen LogP contribution in [0.3, 0.4) is 0 Å². The molecule has 0 N–H and O–H groups in total. The van der Waals surface area contributed by atoms with Crippen molar-refractivity contribution >= 4 is 0 Å². The van der Waals surface area contributed by atoms with Crippen molar-refractivity contribution in [1.29, 1.82) is 0 Å². The summed E-state index contributed by atoms with van der Waals surface area (Å²) in [6, 6.07) is 0. The monoisotopic (exact) mass is 242 g/mol. The second kappa shape index (κ2) is 6.48. The van der Waals surface area contributed by atoms with Crippen molar-refractivity contribution in [2.45, 2.75) is 71.1 Å². The summed E-state index contributed by atoms with van der Waals surface area (Å²) in [7, 11) is 0. The van der Waals surface area contributed by atoms with E-state index in [1.807, 2.05) is 0 Å². The average molecular weight is 242 g/mol. The van der Waals surface area contributed by atoms with Crippen molar-refractivity contribution in [3.8, 4) is 12.3 Å². The van der Waals surface area contributed by atoms with Crippen LogP contribution in [0.25, 0.3) is 0 Å². The molecule has 0 saturated heterocycles. The third-order valence-electron chi connectivity index (χ3n) is 5.26. The van der Waals surface area contributed by atoms with Crippen molar-refractivity contribution in [3.05, 3.63) is 0 Å². The Labute approximate surface area is 115 Å².